The molecule has 2 aromatic rings. The average Bonchev–Trinajstić information content (AvgIpc) is 3.10. The fourth-order valence-electron chi connectivity index (χ4n) is 4.03. The van der Waals surface area contributed by atoms with E-state index in [2.05, 4.69) is 25.6 Å². The fourth-order valence-corrected chi connectivity index (χ4v) is 6.82. The quantitative estimate of drug-likeness (QED) is 0.487. The fraction of sp³-hybridized carbons (Fsp3) is 0.348. The summed E-state index contributed by atoms with van der Waals surface area (Å²) in [7, 11) is -4.02. The SMILES string of the molecule is O=C(C[C@@H]1SC(=NS(=O)(=O)c2ccc(Br)cc2)N(C2CCCCC2)C1=O)Nc1ccc(Cl)cc1. The molecule has 0 spiro atoms. The Labute approximate surface area is 216 Å². The highest BCUT2D eigenvalue weighted by Gasteiger charge is 2.43. The monoisotopic (exact) mass is 583 g/mol. The van der Waals surface area contributed by atoms with Crippen LogP contribution in [-0.4, -0.2) is 41.6 Å². The van der Waals surface area contributed by atoms with Crippen LogP contribution in [0.2, 0.25) is 5.02 Å². The van der Waals surface area contributed by atoms with Crippen molar-refractivity contribution in [3.8, 4) is 0 Å². The smallest absolute Gasteiger partial charge is 0.284 e. The summed E-state index contributed by atoms with van der Waals surface area (Å²) in [5.74, 6) is -0.610. The van der Waals surface area contributed by atoms with E-state index in [1.165, 1.54) is 17.0 Å². The summed E-state index contributed by atoms with van der Waals surface area (Å²) in [6, 6.07) is 12.7. The molecule has 7 nitrogen and oxygen atoms in total. The first-order chi connectivity index (χ1) is 16.2. The van der Waals surface area contributed by atoms with E-state index in [-0.39, 0.29) is 34.3 Å². The minimum Gasteiger partial charge on any atom is -0.326 e. The molecule has 0 aromatic heterocycles. The van der Waals surface area contributed by atoms with Gasteiger partial charge in [0, 0.05) is 27.6 Å². The van der Waals surface area contributed by atoms with Gasteiger partial charge in [-0.3, -0.25) is 14.5 Å². The van der Waals surface area contributed by atoms with Gasteiger partial charge in [0.15, 0.2) is 5.17 Å². The molecular formula is C23H23BrClN3O4S2. The van der Waals surface area contributed by atoms with Gasteiger partial charge in [0.05, 0.1) is 4.90 Å². The molecule has 34 heavy (non-hydrogen) atoms. The molecule has 1 N–H and O–H groups in total. The summed E-state index contributed by atoms with van der Waals surface area (Å²) in [4.78, 5) is 27.5. The number of thioether (sulfide) groups is 1. The van der Waals surface area contributed by atoms with Crippen LogP contribution in [0.3, 0.4) is 0 Å². The van der Waals surface area contributed by atoms with Gasteiger partial charge in [-0.1, -0.05) is 58.6 Å². The Kier molecular flexibility index (Phi) is 8.01. The van der Waals surface area contributed by atoms with Gasteiger partial charge in [0.2, 0.25) is 11.8 Å². The molecule has 0 unspecified atom stereocenters. The summed E-state index contributed by atoms with van der Waals surface area (Å²) >= 11 is 10.2. The number of carbonyl (C=O) groups is 2. The lowest BCUT2D eigenvalue weighted by molar-refractivity contribution is -0.130. The standard InChI is InChI=1S/C23H23BrClN3O4S2/c24-15-6-12-19(13-7-15)34(31,32)27-23-28(18-4-2-1-3-5-18)22(30)20(33-23)14-21(29)26-17-10-8-16(25)9-11-17/h6-13,18,20H,1-5,14H2,(H,26,29)/t20-/m0/s1. The molecule has 2 fully saturated rings. The average molecular weight is 585 g/mol. The highest BCUT2D eigenvalue weighted by Crippen LogP contribution is 2.36. The van der Waals surface area contributed by atoms with Crippen LogP contribution in [0.1, 0.15) is 38.5 Å². The van der Waals surface area contributed by atoms with E-state index in [0.29, 0.717) is 10.7 Å². The van der Waals surface area contributed by atoms with Crippen LogP contribution in [0.15, 0.2) is 62.3 Å². The molecule has 2 aromatic carbocycles. The van der Waals surface area contributed by atoms with E-state index in [1.807, 2.05) is 0 Å². The van der Waals surface area contributed by atoms with Crippen molar-refractivity contribution >= 4 is 72.0 Å². The molecule has 0 radical (unpaired) electrons. The molecule has 0 bridgehead atoms. The molecule has 1 saturated heterocycles. The zero-order chi connectivity index (χ0) is 24.3. The third-order valence-electron chi connectivity index (χ3n) is 5.72. The number of hydrogen-bond acceptors (Lipinski definition) is 5. The van der Waals surface area contributed by atoms with Gasteiger partial charge in [0.1, 0.15) is 5.25 Å². The van der Waals surface area contributed by atoms with Gasteiger partial charge in [-0.05, 0) is 61.4 Å². The molecule has 1 aliphatic heterocycles. The molecule has 4 rings (SSSR count). The van der Waals surface area contributed by atoms with Crippen molar-refractivity contribution in [3.05, 3.63) is 58.0 Å². The zero-order valence-electron chi connectivity index (χ0n) is 18.1. The van der Waals surface area contributed by atoms with Gasteiger partial charge in [0.25, 0.3) is 10.0 Å². The number of hydrogen-bond donors (Lipinski definition) is 1. The normalized spacial score (nSPS) is 20.6. The van der Waals surface area contributed by atoms with Gasteiger partial charge in [-0.15, -0.1) is 4.40 Å². The van der Waals surface area contributed by atoms with Crippen LogP contribution in [0, 0.1) is 0 Å². The van der Waals surface area contributed by atoms with E-state index >= 15 is 0 Å². The number of anilines is 1. The van der Waals surface area contributed by atoms with Crippen molar-refractivity contribution in [2.24, 2.45) is 4.40 Å². The molecular weight excluding hydrogens is 562 g/mol. The second-order valence-electron chi connectivity index (χ2n) is 8.17. The Morgan fingerprint density at radius 1 is 1.09 bits per heavy atom. The van der Waals surface area contributed by atoms with Gasteiger partial charge >= 0.3 is 0 Å². The molecule has 11 heteroatoms. The van der Waals surface area contributed by atoms with E-state index in [1.54, 1.807) is 36.4 Å². The maximum Gasteiger partial charge on any atom is 0.284 e. The number of sulfonamides is 1. The maximum atomic E-state index is 13.3. The predicted molar refractivity (Wildman–Crippen MR) is 139 cm³/mol. The van der Waals surface area contributed by atoms with Crippen LogP contribution in [-0.2, 0) is 19.6 Å². The third-order valence-corrected chi connectivity index (χ3v) is 9.04. The largest absolute Gasteiger partial charge is 0.326 e. The minimum absolute atomic E-state index is 0.0452. The Balaban J connectivity index is 1.57. The molecule has 180 valence electrons. The number of amidine groups is 1. The number of nitrogens with one attached hydrogen (secondary N) is 1. The summed E-state index contributed by atoms with van der Waals surface area (Å²) in [5.41, 5.74) is 0.570. The molecule has 1 heterocycles. The first-order valence-corrected chi connectivity index (χ1v) is 14.4. The number of benzene rings is 2. The van der Waals surface area contributed by atoms with Crippen molar-refractivity contribution < 1.29 is 18.0 Å². The number of rotatable bonds is 6. The predicted octanol–water partition coefficient (Wildman–Crippen LogP) is 5.45. The lowest BCUT2D eigenvalue weighted by Crippen LogP contribution is -2.42. The Morgan fingerprint density at radius 2 is 1.74 bits per heavy atom. The topological polar surface area (TPSA) is 95.9 Å². The molecule has 2 aliphatic rings. The lowest BCUT2D eigenvalue weighted by Gasteiger charge is -2.30. The Hall–Kier alpha value is -1.88. The van der Waals surface area contributed by atoms with E-state index in [4.69, 9.17) is 11.6 Å². The highest BCUT2D eigenvalue weighted by atomic mass is 79.9. The second-order valence-corrected chi connectivity index (χ2v) is 12.3. The van der Waals surface area contributed by atoms with Crippen molar-refractivity contribution in [1.29, 1.82) is 0 Å². The van der Waals surface area contributed by atoms with Gasteiger partial charge in [-0.25, -0.2) is 0 Å². The van der Waals surface area contributed by atoms with Crippen molar-refractivity contribution in [2.45, 2.75) is 54.7 Å². The molecule has 1 saturated carbocycles. The summed E-state index contributed by atoms with van der Waals surface area (Å²) in [5, 5.41) is 2.71. The van der Waals surface area contributed by atoms with Crippen LogP contribution in [0.4, 0.5) is 5.69 Å². The first-order valence-electron chi connectivity index (χ1n) is 10.9. The first kappa shape index (κ1) is 25.2. The van der Waals surface area contributed by atoms with E-state index < -0.39 is 15.3 Å². The van der Waals surface area contributed by atoms with Crippen molar-refractivity contribution in [1.82, 2.24) is 4.90 Å². The van der Waals surface area contributed by atoms with Crippen LogP contribution >= 0.6 is 39.3 Å². The van der Waals surface area contributed by atoms with Gasteiger partial charge in [-0.2, -0.15) is 8.42 Å². The minimum atomic E-state index is -4.02. The summed E-state index contributed by atoms with van der Waals surface area (Å²) in [6.07, 6.45) is 4.50. The Bertz CT molecular complexity index is 1200. The highest BCUT2D eigenvalue weighted by molar-refractivity contribution is 9.10. The summed E-state index contributed by atoms with van der Waals surface area (Å²) < 4.78 is 30.8. The number of nitrogens with zero attached hydrogens (tertiary/aromatic N) is 2. The van der Waals surface area contributed by atoms with E-state index in [9.17, 15) is 18.0 Å². The van der Waals surface area contributed by atoms with Crippen molar-refractivity contribution in [2.75, 3.05) is 5.32 Å². The lowest BCUT2D eigenvalue weighted by atomic mass is 9.94. The van der Waals surface area contributed by atoms with Gasteiger partial charge < -0.3 is 5.32 Å². The van der Waals surface area contributed by atoms with E-state index in [0.717, 1.165) is 48.3 Å². The van der Waals surface area contributed by atoms with Crippen LogP contribution in [0.25, 0.3) is 0 Å². The number of amides is 2. The number of halogens is 2. The summed E-state index contributed by atoms with van der Waals surface area (Å²) in [6.45, 7) is 0. The van der Waals surface area contributed by atoms with Crippen LogP contribution < -0.4 is 5.32 Å². The van der Waals surface area contributed by atoms with Crippen LogP contribution in [0.5, 0.6) is 0 Å². The molecule has 2 amide bonds. The maximum absolute atomic E-state index is 13.3. The third kappa shape index (κ3) is 6.02. The Morgan fingerprint density at radius 3 is 2.38 bits per heavy atom. The molecule has 1 aliphatic carbocycles. The molecule has 1 atom stereocenters. The van der Waals surface area contributed by atoms with Crippen molar-refractivity contribution in [3.63, 3.8) is 0 Å². The second kappa shape index (κ2) is 10.8. The number of carbonyl (C=O) groups excluding carboxylic acids is 2. The zero-order valence-corrected chi connectivity index (χ0v) is 22.1.